The Bertz CT molecular complexity index is 1050. The van der Waals surface area contributed by atoms with Crippen molar-refractivity contribution in [1.82, 2.24) is 0 Å². The summed E-state index contributed by atoms with van der Waals surface area (Å²) >= 11 is 1.42. The molecule has 160 valence electrons. The van der Waals surface area contributed by atoms with Crippen molar-refractivity contribution in [1.29, 1.82) is 0 Å². The monoisotopic (exact) mass is 436 g/mol. The predicted octanol–water partition coefficient (Wildman–Crippen LogP) is 5.08. The maximum atomic E-state index is 12.6. The normalized spacial score (nSPS) is 11.3. The zero-order valence-corrected chi connectivity index (χ0v) is 18.4. The number of rotatable bonds is 8. The van der Waals surface area contributed by atoms with E-state index in [0.717, 1.165) is 10.6 Å². The molecular weight excluding hydrogens is 412 g/mol. The highest BCUT2D eigenvalue weighted by Gasteiger charge is 2.17. The van der Waals surface area contributed by atoms with Crippen LogP contribution < -0.4 is 20.1 Å². The van der Waals surface area contributed by atoms with Gasteiger partial charge in [-0.2, -0.15) is 0 Å². The fraction of sp³-hybridized carbons (Fsp3) is 0.167. The highest BCUT2D eigenvalue weighted by Crippen LogP contribution is 2.32. The van der Waals surface area contributed by atoms with Crippen LogP contribution in [0.5, 0.6) is 11.5 Å². The largest absolute Gasteiger partial charge is 0.496 e. The SMILES string of the molecule is COc1ccccc1NC(=O)c1ccc(NC(=O)C(C)Sc2ccccc2OC)cc1. The van der Waals surface area contributed by atoms with Crippen molar-refractivity contribution in [2.75, 3.05) is 24.9 Å². The van der Waals surface area contributed by atoms with E-state index in [1.54, 1.807) is 50.6 Å². The number of carbonyl (C=O) groups is 2. The number of nitrogens with one attached hydrogen (secondary N) is 2. The van der Waals surface area contributed by atoms with Crippen LogP contribution in [0.15, 0.2) is 77.7 Å². The first-order valence-electron chi connectivity index (χ1n) is 9.66. The minimum Gasteiger partial charge on any atom is -0.496 e. The molecule has 0 aliphatic rings. The Labute approximate surface area is 186 Å². The summed E-state index contributed by atoms with van der Waals surface area (Å²) in [4.78, 5) is 26.0. The zero-order chi connectivity index (χ0) is 22.2. The Kier molecular flexibility index (Phi) is 7.56. The molecular formula is C24H24N2O4S. The van der Waals surface area contributed by atoms with Crippen LogP contribution in [0.4, 0.5) is 11.4 Å². The zero-order valence-electron chi connectivity index (χ0n) is 17.5. The fourth-order valence-electron chi connectivity index (χ4n) is 2.85. The molecule has 2 amide bonds. The number of anilines is 2. The lowest BCUT2D eigenvalue weighted by Gasteiger charge is -2.14. The first-order valence-corrected chi connectivity index (χ1v) is 10.5. The number of carbonyl (C=O) groups excluding carboxylic acids is 2. The van der Waals surface area contributed by atoms with E-state index in [-0.39, 0.29) is 17.1 Å². The minimum atomic E-state index is -0.329. The van der Waals surface area contributed by atoms with Crippen molar-refractivity contribution in [3.63, 3.8) is 0 Å². The molecule has 0 aliphatic carbocycles. The maximum absolute atomic E-state index is 12.6. The van der Waals surface area contributed by atoms with Crippen LogP contribution in [-0.2, 0) is 4.79 Å². The molecule has 3 aromatic rings. The molecule has 0 fully saturated rings. The molecule has 0 saturated carbocycles. The Morgan fingerprint density at radius 3 is 2.10 bits per heavy atom. The van der Waals surface area contributed by atoms with Gasteiger partial charge in [0.25, 0.3) is 5.91 Å². The van der Waals surface area contributed by atoms with Gasteiger partial charge in [0.05, 0.1) is 30.1 Å². The van der Waals surface area contributed by atoms with E-state index < -0.39 is 0 Å². The molecule has 0 spiro atoms. The molecule has 3 rings (SSSR count). The number of ether oxygens (including phenoxy) is 2. The van der Waals surface area contributed by atoms with Gasteiger partial charge < -0.3 is 20.1 Å². The number of amides is 2. The maximum Gasteiger partial charge on any atom is 0.255 e. The van der Waals surface area contributed by atoms with Crippen LogP contribution in [0.2, 0.25) is 0 Å². The Morgan fingerprint density at radius 1 is 0.806 bits per heavy atom. The van der Waals surface area contributed by atoms with Crippen LogP contribution in [0.1, 0.15) is 17.3 Å². The Balaban J connectivity index is 1.60. The number of benzene rings is 3. The Hall–Kier alpha value is -3.45. The lowest BCUT2D eigenvalue weighted by molar-refractivity contribution is -0.115. The van der Waals surface area contributed by atoms with Gasteiger partial charge in [-0.3, -0.25) is 9.59 Å². The van der Waals surface area contributed by atoms with Gasteiger partial charge in [0.15, 0.2) is 0 Å². The number of hydrogen-bond acceptors (Lipinski definition) is 5. The van der Waals surface area contributed by atoms with Crippen LogP contribution in [0, 0.1) is 0 Å². The fourth-order valence-corrected chi connectivity index (χ4v) is 3.82. The van der Waals surface area contributed by atoms with Crippen molar-refractivity contribution >= 4 is 35.0 Å². The average molecular weight is 437 g/mol. The van der Waals surface area contributed by atoms with Crippen LogP contribution in [0.3, 0.4) is 0 Å². The van der Waals surface area contributed by atoms with Crippen molar-refractivity contribution in [2.24, 2.45) is 0 Å². The van der Waals surface area contributed by atoms with Gasteiger partial charge in [0.2, 0.25) is 5.91 Å². The van der Waals surface area contributed by atoms with E-state index in [4.69, 9.17) is 9.47 Å². The molecule has 0 radical (unpaired) electrons. The summed E-state index contributed by atoms with van der Waals surface area (Å²) in [7, 11) is 3.16. The number of hydrogen-bond donors (Lipinski definition) is 2. The molecule has 31 heavy (non-hydrogen) atoms. The molecule has 0 aliphatic heterocycles. The van der Waals surface area contributed by atoms with Crippen LogP contribution in [0.25, 0.3) is 0 Å². The molecule has 6 nitrogen and oxygen atoms in total. The number of thioether (sulfide) groups is 1. The third kappa shape index (κ3) is 5.79. The van der Waals surface area contributed by atoms with E-state index in [2.05, 4.69) is 10.6 Å². The van der Waals surface area contributed by atoms with Crippen molar-refractivity contribution < 1.29 is 19.1 Å². The summed E-state index contributed by atoms with van der Waals surface area (Å²) in [6.45, 7) is 1.83. The molecule has 2 N–H and O–H groups in total. The molecule has 1 atom stereocenters. The molecule has 3 aromatic carbocycles. The van der Waals surface area contributed by atoms with E-state index >= 15 is 0 Å². The second kappa shape index (κ2) is 10.5. The predicted molar refractivity (Wildman–Crippen MR) is 124 cm³/mol. The van der Waals surface area contributed by atoms with Crippen LogP contribution in [-0.4, -0.2) is 31.3 Å². The van der Waals surface area contributed by atoms with Crippen molar-refractivity contribution in [3.8, 4) is 11.5 Å². The van der Waals surface area contributed by atoms with E-state index in [9.17, 15) is 9.59 Å². The summed E-state index contributed by atoms with van der Waals surface area (Å²) < 4.78 is 10.6. The highest BCUT2D eigenvalue weighted by molar-refractivity contribution is 8.00. The standard InChI is InChI=1S/C24H24N2O4S/c1-16(31-22-11-7-6-10-21(22)30-3)23(27)25-18-14-12-17(13-15-18)24(28)26-19-8-4-5-9-20(19)29-2/h4-16H,1-3H3,(H,25,27)(H,26,28). The highest BCUT2D eigenvalue weighted by atomic mass is 32.2. The third-order valence-electron chi connectivity index (χ3n) is 4.51. The van der Waals surface area contributed by atoms with E-state index in [0.29, 0.717) is 22.7 Å². The quantitative estimate of drug-likeness (QED) is 0.482. The number of para-hydroxylation sites is 3. The van der Waals surface area contributed by atoms with E-state index in [1.165, 1.54) is 11.8 Å². The van der Waals surface area contributed by atoms with Gasteiger partial charge in [0, 0.05) is 11.3 Å². The van der Waals surface area contributed by atoms with Gasteiger partial charge in [-0.1, -0.05) is 24.3 Å². The summed E-state index contributed by atoms with van der Waals surface area (Å²) in [5, 5.41) is 5.38. The average Bonchev–Trinajstić information content (AvgIpc) is 2.80. The summed E-state index contributed by atoms with van der Waals surface area (Å²) in [6, 6.07) is 21.5. The molecule has 0 heterocycles. The lowest BCUT2D eigenvalue weighted by atomic mass is 10.2. The second-order valence-corrected chi connectivity index (χ2v) is 8.01. The number of methoxy groups -OCH3 is 2. The lowest BCUT2D eigenvalue weighted by Crippen LogP contribution is -2.22. The smallest absolute Gasteiger partial charge is 0.255 e. The van der Waals surface area contributed by atoms with Gasteiger partial charge in [0.1, 0.15) is 11.5 Å². The summed E-state index contributed by atoms with van der Waals surface area (Å²) in [5.74, 6) is 0.920. The topological polar surface area (TPSA) is 76.7 Å². The summed E-state index contributed by atoms with van der Waals surface area (Å²) in [6.07, 6.45) is 0. The molecule has 0 bridgehead atoms. The first kappa shape index (κ1) is 22.2. The van der Waals surface area contributed by atoms with Gasteiger partial charge >= 0.3 is 0 Å². The van der Waals surface area contributed by atoms with Crippen LogP contribution >= 0.6 is 11.8 Å². The molecule has 1 unspecified atom stereocenters. The molecule has 0 aromatic heterocycles. The minimum absolute atomic E-state index is 0.137. The van der Waals surface area contributed by atoms with Crippen molar-refractivity contribution in [3.05, 3.63) is 78.4 Å². The summed E-state index contributed by atoms with van der Waals surface area (Å²) in [5.41, 5.74) is 1.68. The van der Waals surface area contributed by atoms with Gasteiger partial charge in [-0.15, -0.1) is 11.8 Å². The second-order valence-electron chi connectivity index (χ2n) is 6.63. The molecule has 0 saturated heterocycles. The van der Waals surface area contributed by atoms with Gasteiger partial charge in [-0.25, -0.2) is 0 Å². The first-order chi connectivity index (χ1) is 15.0. The third-order valence-corrected chi connectivity index (χ3v) is 5.67. The van der Waals surface area contributed by atoms with Gasteiger partial charge in [-0.05, 0) is 55.5 Å². The molecule has 7 heteroatoms. The van der Waals surface area contributed by atoms with E-state index in [1.807, 2.05) is 43.3 Å². The van der Waals surface area contributed by atoms with Crippen molar-refractivity contribution in [2.45, 2.75) is 17.1 Å². The Morgan fingerprint density at radius 2 is 1.42 bits per heavy atom.